The average Bonchev–Trinajstić information content (AvgIpc) is 3.18. The lowest BCUT2D eigenvalue weighted by Crippen LogP contribution is -2.21. The number of rotatable bonds is 6. The Kier molecular flexibility index (Phi) is 6.47. The first-order valence-corrected chi connectivity index (χ1v) is 11.1. The molecule has 174 valence electrons. The van der Waals surface area contributed by atoms with Gasteiger partial charge in [0.15, 0.2) is 18.1 Å². The molecule has 0 saturated heterocycles. The maximum Gasteiger partial charge on any atom is 0.262 e. The van der Waals surface area contributed by atoms with Gasteiger partial charge in [-0.2, -0.15) is 5.26 Å². The highest BCUT2D eigenvalue weighted by molar-refractivity contribution is 9.10. The van der Waals surface area contributed by atoms with Crippen molar-refractivity contribution in [2.24, 2.45) is 5.73 Å². The Morgan fingerprint density at radius 3 is 2.79 bits per heavy atom. The van der Waals surface area contributed by atoms with Gasteiger partial charge in [-0.15, -0.1) is 5.10 Å². The summed E-state index contributed by atoms with van der Waals surface area (Å²) >= 11 is 3.41. The largest absolute Gasteiger partial charge is 0.493 e. The van der Waals surface area contributed by atoms with Gasteiger partial charge in [0.05, 0.1) is 13.0 Å². The second-order valence-electron chi connectivity index (χ2n) is 7.70. The molecule has 0 saturated carbocycles. The Morgan fingerprint density at radius 1 is 1.29 bits per heavy atom. The van der Waals surface area contributed by atoms with Gasteiger partial charge in [-0.1, -0.05) is 22.0 Å². The summed E-state index contributed by atoms with van der Waals surface area (Å²) in [6.07, 6.45) is 0. The number of nitrogens with zero attached hydrogens (tertiary/aromatic N) is 2. The van der Waals surface area contributed by atoms with Crippen LogP contribution in [0.25, 0.3) is 0 Å². The van der Waals surface area contributed by atoms with E-state index in [1.165, 1.54) is 7.11 Å². The second kappa shape index (κ2) is 9.49. The van der Waals surface area contributed by atoms with Crippen molar-refractivity contribution in [3.63, 3.8) is 0 Å². The monoisotopic (exact) mass is 523 g/mol. The molecule has 0 aliphatic carbocycles. The van der Waals surface area contributed by atoms with E-state index in [-0.39, 0.29) is 24.0 Å². The first kappa shape index (κ1) is 23.2. The molecule has 34 heavy (non-hydrogen) atoms. The van der Waals surface area contributed by atoms with Crippen LogP contribution < -0.4 is 25.3 Å². The number of amides is 1. The lowest BCUT2D eigenvalue weighted by atomic mass is 9.84. The van der Waals surface area contributed by atoms with E-state index in [0.29, 0.717) is 23.1 Å². The minimum Gasteiger partial charge on any atom is -0.493 e. The van der Waals surface area contributed by atoms with Crippen LogP contribution >= 0.6 is 15.9 Å². The zero-order valence-electron chi connectivity index (χ0n) is 18.7. The number of carbonyl (C=O) groups is 1. The minimum atomic E-state index is -0.487. The number of carbonyl (C=O) groups excluding carboxylic acids is 1. The van der Waals surface area contributed by atoms with Crippen LogP contribution in [0.3, 0.4) is 0 Å². The van der Waals surface area contributed by atoms with Crippen molar-refractivity contribution in [2.75, 3.05) is 19.0 Å². The van der Waals surface area contributed by atoms with Crippen molar-refractivity contribution in [3.05, 3.63) is 74.7 Å². The summed E-state index contributed by atoms with van der Waals surface area (Å²) in [7, 11) is 1.51. The summed E-state index contributed by atoms with van der Waals surface area (Å²) in [4.78, 5) is 12.4. The standard InChI is InChI=1S/C24H22BrN5O4/c1-12-8-15(25)5-6-17(12)28-20(31)11-33-18-7-4-14(9-19(18)32-3)22-16(10-26)23(27)34-24-21(22)13(2)29-30-24/h4-9,22H,11,27H2,1-3H3,(H,28,31)(H,29,30). The van der Waals surface area contributed by atoms with E-state index in [9.17, 15) is 10.1 Å². The average molecular weight is 524 g/mol. The van der Waals surface area contributed by atoms with E-state index < -0.39 is 5.92 Å². The molecule has 1 amide bonds. The summed E-state index contributed by atoms with van der Waals surface area (Å²) < 4.78 is 17.7. The fourth-order valence-electron chi connectivity index (χ4n) is 3.81. The predicted molar refractivity (Wildman–Crippen MR) is 129 cm³/mol. The van der Waals surface area contributed by atoms with Gasteiger partial charge < -0.3 is 25.3 Å². The molecule has 9 nitrogen and oxygen atoms in total. The molecule has 0 bridgehead atoms. The Labute approximate surface area is 204 Å². The number of aromatic nitrogens is 2. The molecule has 0 fully saturated rings. The first-order valence-electron chi connectivity index (χ1n) is 10.3. The van der Waals surface area contributed by atoms with Gasteiger partial charge >= 0.3 is 0 Å². The van der Waals surface area contributed by atoms with Crippen LogP contribution in [0.1, 0.15) is 28.3 Å². The van der Waals surface area contributed by atoms with Crippen LogP contribution in [0.4, 0.5) is 5.69 Å². The smallest absolute Gasteiger partial charge is 0.262 e. The fourth-order valence-corrected chi connectivity index (χ4v) is 4.29. The number of aromatic amines is 1. The quantitative estimate of drug-likeness (QED) is 0.443. The molecule has 1 aromatic heterocycles. The van der Waals surface area contributed by atoms with Crippen molar-refractivity contribution in [1.29, 1.82) is 5.26 Å². The van der Waals surface area contributed by atoms with E-state index in [1.807, 2.05) is 32.0 Å². The van der Waals surface area contributed by atoms with Gasteiger partial charge in [0.2, 0.25) is 11.8 Å². The van der Waals surface area contributed by atoms with E-state index in [4.69, 9.17) is 19.9 Å². The maximum absolute atomic E-state index is 12.4. The normalized spacial score (nSPS) is 14.6. The zero-order valence-corrected chi connectivity index (χ0v) is 20.3. The lowest BCUT2D eigenvalue weighted by Gasteiger charge is -2.24. The molecular weight excluding hydrogens is 502 g/mol. The summed E-state index contributed by atoms with van der Waals surface area (Å²) in [5.41, 5.74) is 10.1. The molecule has 1 aliphatic rings. The number of anilines is 1. The molecule has 4 rings (SSSR count). The number of nitrogens with one attached hydrogen (secondary N) is 2. The number of methoxy groups -OCH3 is 1. The van der Waals surface area contributed by atoms with Crippen LogP contribution in [0, 0.1) is 25.2 Å². The number of H-pyrrole nitrogens is 1. The molecule has 2 aromatic carbocycles. The molecule has 3 aromatic rings. The fraction of sp³-hybridized carbons (Fsp3) is 0.208. The number of nitrogens with two attached hydrogens (primary N) is 1. The summed E-state index contributed by atoms with van der Waals surface area (Å²) in [6, 6.07) is 13.0. The Bertz CT molecular complexity index is 1340. The summed E-state index contributed by atoms with van der Waals surface area (Å²) in [5.74, 6) is 0.348. The highest BCUT2D eigenvalue weighted by Crippen LogP contribution is 2.44. The highest BCUT2D eigenvalue weighted by atomic mass is 79.9. The van der Waals surface area contributed by atoms with Crippen molar-refractivity contribution in [3.8, 4) is 23.4 Å². The Balaban J connectivity index is 1.56. The lowest BCUT2D eigenvalue weighted by molar-refractivity contribution is -0.118. The van der Waals surface area contributed by atoms with Gasteiger partial charge in [0.25, 0.3) is 5.91 Å². The summed E-state index contributed by atoms with van der Waals surface area (Å²) in [6.45, 7) is 3.55. The SMILES string of the molecule is COc1cc(C2C(C#N)=C(N)Oc3n[nH]c(C)c32)ccc1OCC(=O)Nc1ccc(Br)cc1C. The maximum atomic E-state index is 12.4. The van der Waals surface area contributed by atoms with Crippen molar-refractivity contribution < 1.29 is 19.0 Å². The van der Waals surface area contributed by atoms with Gasteiger partial charge in [-0.25, -0.2) is 0 Å². The number of hydrogen-bond acceptors (Lipinski definition) is 7. The number of nitriles is 1. The molecule has 2 heterocycles. The van der Waals surface area contributed by atoms with Crippen molar-refractivity contribution in [1.82, 2.24) is 10.2 Å². The number of aryl methyl sites for hydroxylation is 2. The minimum absolute atomic E-state index is 0.00528. The zero-order chi connectivity index (χ0) is 24.4. The summed E-state index contributed by atoms with van der Waals surface area (Å²) in [5, 5.41) is 19.6. The third-order valence-corrected chi connectivity index (χ3v) is 5.97. The van der Waals surface area contributed by atoms with Crippen LogP contribution in [0.2, 0.25) is 0 Å². The number of fused-ring (bicyclic) bond motifs is 1. The molecule has 0 spiro atoms. The molecule has 4 N–H and O–H groups in total. The van der Waals surface area contributed by atoms with Crippen LogP contribution in [-0.4, -0.2) is 29.8 Å². The molecular formula is C24H22BrN5O4. The van der Waals surface area contributed by atoms with Crippen LogP contribution in [0.15, 0.2) is 52.3 Å². The van der Waals surface area contributed by atoms with Crippen molar-refractivity contribution in [2.45, 2.75) is 19.8 Å². The number of ether oxygens (including phenoxy) is 3. The Hall–Kier alpha value is -3.97. The highest BCUT2D eigenvalue weighted by Gasteiger charge is 2.34. The van der Waals surface area contributed by atoms with E-state index in [2.05, 4.69) is 37.5 Å². The molecule has 1 atom stereocenters. The molecule has 1 unspecified atom stereocenters. The van der Waals surface area contributed by atoms with Gasteiger partial charge in [0.1, 0.15) is 11.6 Å². The van der Waals surface area contributed by atoms with E-state index >= 15 is 0 Å². The van der Waals surface area contributed by atoms with Crippen molar-refractivity contribution >= 4 is 27.5 Å². The Morgan fingerprint density at radius 2 is 2.09 bits per heavy atom. The van der Waals surface area contributed by atoms with Gasteiger partial charge in [-0.3, -0.25) is 9.89 Å². The van der Waals surface area contributed by atoms with E-state index in [0.717, 1.165) is 26.9 Å². The number of halogens is 1. The second-order valence-corrected chi connectivity index (χ2v) is 8.61. The van der Waals surface area contributed by atoms with Crippen LogP contribution in [-0.2, 0) is 4.79 Å². The number of hydrogen-bond donors (Lipinski definition) is 3. The topological polar surface area (TPSA) is 135 Å². The number of allylic oxidation sites excluding steroid dienone is 1. The molecule has 0 radical (unpaired) electrons. The third-order valence-electron chi connectivity index (χ3n) is 5.47. The first-order chi connectivity index (χ1) is 16.3. The van der Waals surface area contributed by atoms with Crippen LogP contribution in [0.5, 0.6) is 17.4 Å². The third kappa shape index (κ3) is 4.43. The van der Waals surface area contributed by atoms with Gasteiger partial charge in [0, 0.05) is 21.4 Å². The molecule has 10 heteroatoms. The van der Waals surface area contributed by atoms with Gasteiger partial charge in [-0.05, 0) is 55.3 Å². The number of benzene rings is 2. The predicted octanol–water partition coefficient (Wildman–Crippen LogP) is 4.03. The van der Waals surface area contributed by atoms with E-state index in [1.54, 1.807) is 18.2 Å². The molecule has 1 aliphatic heterocycles.